The van der Waals surface area contributed by atoms with Crippen LogP contribution in [-0.4, -0.2) is 23.4 Å². The number of nitrogens with zero attached hydrogens (tertiary/aromatic N) is 1. The number of carbonyl (C=O) groups excluding carboxylic acids is 1. The van der Waals surface area contributed by atoms with Gasteiger partial charge < -0.3 is 5.32 Å². The Hall–Kier alpha value is -1.22. The van der Waals surface area contributed by atoms with Crippen LogP contribution in [0.4, 0.5) is 0 Å². The predicted molar refractivity (Wildman–Crippen MR) is 60.7 cm³/mol. The first-order chi connectivity index (χ1) is 7.27. The number of Topliss-reactive ketones (excluding diaryl/α,β-unsaturated/α-hetero) is 1. The van der Waals surface area contributed by atoms with E-state index in [2.05, 4.69) is 10.3 Å². The number of likely N-dealkylation sites (N-methyl/N-ethyl adjacent to an activating group) is 1. The number of pyridine rings is 1. The van der Waals surface area contributed by atoms with Crippen molar-refractivity contribution in [3.05, 3.63) is 30.1 Å². The lowest BCUT2D eigenvalue weighted by Gasteiger charge is -2.15. The maximum absolute atomic E-state index is 11.6. The van der Waals surface area contributed by atoms with E-state index in [9.17, 15) is 4.79 Å². The normalized spacial score (nSPS) is 12.4. The second kappa shape index (κ2) is 6.30. The molecular formula is C12H18N2O. The van der Waals surface area contributed by atoms with E-state index in [0.29, 0.717) is 12.8 Å². The van der Waals surface area contributed by atoms with Crippen LogP contribution in [0.5, 0.6) is 0 Å². The Bertz CT molecular complexity index is 298. The molecule has 1 aromatic heterocycles. The minimum Gasteiger partial charge on any atom is -0.307 e. The number of carbonyl (C=O) groups is 1. The van der Waals surface area contributed by atoms with Gasteiger partial charge in [-0.3, -0.25) is 9.78 Å². The van der Waals surface area contributed by atoms with Gasteiger partial charge in [0.15, 0.2) is 0 Å². The second-order valence-electron chi connectivity index (χ2n) is 3.46. The van der Waals surface area contributed by atoms with Crippen molar-refractivity contribution in [3.63, 3.8) is 0 Å². The Morgan fingerprint density at radius 1 is 1.47 bits per heavy atom. The fourth-order valence-corrected chi connectivity index (χ4v) is 1.52. The maximum atomic E-state index is 11.6. The molecule has 1 atom stereocenters. The van der Waals surface area contributed by atoms with Crippen molar-refractivity contribution < 1.29 is 4.79 Å². The van der Waals surface area contributed by atoms with Crippen molar-refractivity contribution in [3.8, 4) is 0 Å². The van der Waals surface area contributed by atoms with Crippen LogP contribution in [0.3, 0.4) is 0 Å². The predicted octanol–water partition coefficient (Wildman–Crippen LogP) is 1.58. The van der Waals surface area contributed by atoms with Gasteiger partial charge in [-0.05, 0) is 18.7 Å². The van der Waals surface area contributed by atoms with E-state index in [0.717, 1.165) is 12.2 Å². The summed E-state index contributed by atoms with van der Waals surface area (Å²) in [6.45, 7) is 4.71. The quantitative estimate of drug-likeness (QED) is 0.768. The van der Waals surface area contributed by atoms with E-state index < -0.39 is 0 Å². The minimum absolute atomic E-state index is 0.0881. The third-order valence-corrected chi connectivity index (χ3v) is 2.33. The second-order valence-corrected chi connectivity index (χ2v) is 3.46. The lowest BCUT2D eigenvalue weighted by Crippen LogP contribution is -2.38. The molecule has 0 saturated carbocycles. The molecule has 0 aliphatic carbocycles. The standard InChI is InChI=1S/C12H18N2O/c1-3-12(15)11(13-4-2)9-10-7-5-6-8-14-10/h5-8,11,13H,3-4,9H2,1-2H3. The summed E-state index contributed by atoms with van der Waals surface area (Å²) < 4.78 is 0. The van der Waals surface area contributed by atoms with Gasteiger partial charge in [0, 0.05) is 24.7 Å². The summed E-state index contributed by atoms with van der Waals surface area (Å²) in [5.41, 5.74) is 0.963. The fourth-order valence-electron chi connectivity index (χ4n) is 1.52. The molecule has 0 aromatic carbocycles. The topological polar surface area (TPSA) is 42.0 Å². The SMILES string of the molecule is CCNC(Cc1ccccn1)C(=O)CC. The molecule has 15 heavy (non-hydrogen) atoms. The zero-order chi connectivity index (χ0) is 11.1. The fraction of sp³-hybridized carbons (Fsp3) is 0.500. The number of hydrogen-bond acceptors (Lipinski definition) is 3. The number of nitrogens with one attached hydrogen (secondary N) is 1. The molecule has 0 bridgehead atoms. The largest absolute Gasteiger partial charge is 0.307 e. The van der Waals surface area contributed by atoms with Crippen molar-refractivity contribution in [1.82, 2.24) is 10.3 Å². The number of rotatable bonds is 6. The van der Waals surface area contributed by atoms with E-state index in [4.69, 9.17) is 0 Å². The van der Waals surface area contributed by atoms with Crippen LogP contribution in [0.25, 0.3) is 0 Å². The zero-order valence-corrected chi connectivity index (χ0v) is 9.36. The summed E-state index contributed by atoms with van der Waals surface area (Å²) in [6.07, 6.45) is 3.01. The number of aromatic nitrogens is 1. The first-order valence-corrected chi connectivity index (χ1v) is 5.44. The summed E-state index contributed by atoms with van der Waals surface area (Å²) in [5.74, 6) is 0.252. The zero-order valence-electron chi connectivity index (χ0n) is 9.36. The van der Waals surface area contributed by atoms with Crippen LogP contribution in [-0.2, 0) is 11.2 Å². The highest BCUT2D eigenvalue weighted by molar-refractivity contribution is 5.83. The van der Waals surface area contributed by atoms with Crippen molar-refractivity contribution in [2.24, 2.45) is 0 Å². The summed E-state index contributed by atoms with van der Waals surface area (Å²) in [5, 5.41) is 3.19. The molecule has 82 valence electrons. The lowest BCUT2D eigenvalue weighted by atomic mass is 10.0. The minimum atomic E-state index is -0.0881. The first kappa shape index (κ1) is 11.9. The average Bonchev–Trinajstić information content (AvgIpc) is 2.29. The molecule has 0 radical (unpaired) electrons. The van der Waals surface area contributed by atoms with Gasteiger partial charge in [-0.2, -0.15) is 0 Å². The highest BCUT2D eigenvalue weighted by Gasteiger charge is 2.15. The molecule has 1 rings (SSSR count). The Morgan fingerprint density at radius 2 is 2.27 bits per heavy atom. The Labute approximate surface area is 90.9 Å². The number of ketones is 1. The molecule has 0 aliphatic heterocycles. The van der Waals surface area contributed by atoms with Crippen LogP contribution in [0.15, 0.2) is 24.4 Å². The monoisotopic (exact) mass is 206 g/mol. The Morgan fingerprint density at radius 3 is 2.80 bits per heavy atom. The summed E-state index contributed by atoms with van der Waals surface area (Å²) in [7, 11) is 0. The first-order valence-electron chi connectivity index (χ1n) is 5.44. The summed E-state index contributed by atoms with van der Waals surface area (Å²) in [4.78, 5) is 15.8. The van der Waals surface area contributed by atoms with E-state index in [1.54, 1.807) is 6.20 Å². The Balaban J connectivity index is 2.62. The van der Waals surface area contributed by atoms with Gasteiger partial charge in [-0.15, -0.1) is 0 Å². The van der Waals surface area contributed by atoms with Crippen LogP contribution in [0, 0.1) is 0 Å². The third-order valence-electron chi connectivity index (χ3n) is 2.33. The Kier molecular flexibility index (Phi) is 4.98. The number of hydrogen-bond donors (Lipinski definition) is 1. The lowest BCUT2D eigenvalue weighted by molar-refractivity contribution is -0.120. The molecule has 0 saturated heterocycles. The molecule has 0 aliphatic rings. The van der Waals surface area contributed by atoms with Crippen molar-refractivity contribution in [1.29, 1.82) is 0 Å². The van der Waals surface area contributed by atoms with Gasteiger partial charge in [0.1, 0.15) is 5.78 Å². The van der Waals surface area contributed by atoms with Gasteiger partial charge in [-0.25, -0.2) is 0 Å². The van der Waals surface area contributed by atoms with Crippen LogP contribution >= 0.6 is 0 Å². The molecule has 1 N–H and O–H groups in total. The van der Waals surface area contributed by atoms with Crippen molar-refractivity contribution >= 4 is 5.78 Å². The molecule has 3 heteroatoms. The highest BCUT2D eigenvalue weighted by Crippen LogP contribution is 2.02. The van der Waals surface area contributed by atoms with Gasteiger partial charge in [0.05, 0.1) is 6.04 Å². The molecule has 1 aromatic rings. The molecule has 1 heterocycles. The van der Waals surface area contributed by atoms with E-state index in [1.807, 2.05) is 32.0 Å². The molecule has 0 fully saturated rings. The third kappa shape index (κ3) is 3.80. The van der Waals surface area contributed by atoms with Crippen LogP contribution < -0.4 is 5.32 Å². The van der Waals surface area contributed by atoms with E-state index >= 15 is 0 Å². The smallest absolute Gasteiger partial charge is 0.149 e. The average molecular weight is 206 g/mol. The summed E-state index contributed by atoms with van der Waals surface area (Å²) >= 11 is 0. The summed E-state index contributed by atoms with van der Waals surface area (Å²) in [6, 6.07) is 5.69. The maximum Gasteiger partial charge on any atom is 0.149 e. The molecule has 0 amide bonds. The molecular weight excluding hydrogens is 188 g/mol. The van der Waals surface area contributed by atoms with E-state index in [1.165, 1.54) is 0 Å². The van der Waals surface area contributed by atoms with E-state index in [-0.39, 0.29) is 11.8 Å². The van der Waals surface area contributed by atoms with Gasteiger partial charge in [-0.1, -0.05) is 19.9 Å². The highest BCUT2D eigenvalue weighted by atomic mass is 16.1. The molecule has 1 unspecified atom stereocenters. The van der Waals surface area contributed by atoms with Gasteiger partial charge >= 0.3 is 0 Å². The van der Waals surface area contributed by atoms with Crippen LogP contribution in [0.2, 0.25) is 0 Å². The molecule has 3 nitrogen and oxygen atoms in total. The van der Waals surface area contributed by atoms with Crippen molar-refractivity contribution in [2.45, 2.75) is 32.7 Å². The molecule has 0 spiro atoms. The van der Waals surface area contributed by atoms with Crippen molar-refractivity contribution in [2.75, 3.05) is 6.54 Å². The van der Waals surface area contributed by atoms with Gasteiger partial charge in [0.2, 0.25) is 0 Å². The van der Waals surface area contributed by atoms with Crippen LogP contribution in [0.1, 0.15) is 26.0 Å². The van der Waals surface area contributed by atoms with Gasteiger partial charge in [0.25, 0.3) is 0 Å².